The number of ether oxygens (including phenoxy) is 3. The predicted molar refractivity (Wildman–Crippen MR) is 99.2 cm³/mol. The lowest BCUT2D eigenvalue weighted by molar-refractivity contribution is -0.133. The number of esters is 1. The van der Waals surface area contributed by atoms with E-state index < -0.39 is 17.8 Å². The molecule has 2 amide bonds. The summed E-state index contributed by atoms with van der Waals surface area (Å²) in [5, 5.41) is 4.87. The molecule has 0 aliphatic heterocycles. The number of carbonyl (C=O) groups excluding carboxylic acids is 3. The van der Waals surface area contributed by atoms with Gasteiger partial charge in [0, 0.05) is 6.07 Å². The molecule has 0 fully saturated rings. The first-order valence-electron chi connectivity index (χ1n) is 8.10. The lowest BCUT2D eigenvalue weighted by Crippen LogP contribution is -2.30. The van der Waals surface area contributed by atoms with Crippen molar-refractivity contribution in [3.8, 4) is 11.5 Å². The highest BCUT2D eigenvalue weighted by molar-refractivity contribution is 6.44. The quantitative estimate of drug-likeness (QED) is 0.596. The average Bonchev–Trinajstić information content (AvgIpc) is 2.68. The summed E-state index contributed by atoms with van der Waals surface area (Å²) in [7, 11) is 2.93. The second-order valence-electron chi connectivity index (χ2n) is 5.24. The van der Waals surface area contributed by atoms with Crippen LogP contribution in [0.15, 0.2) is 42.5 Å². The van der Waals surface area contributed by atoms with Crippen LogP contribution in [-0.2, 0) is 14.3 Å². The van der Waals surface area contributed by atoms with Gasteiger partial charge < -0.3 is 24.8 Å². The van der Waals surface area contributed by atoms with Crippen LogP contribution in [0.25, 0.3) is 0 Å². The fourth-order valence-corrected chi connectivity index (χ4v) is 2.24. The summed E-state index contributed by atoms with van der Waals surface area (Å²) in [6.07, 6.45) is 0. The molecule has 0 saturated heterocycles. The van der Waals surface area contributed by atoms with Gasteiger partial charge in [-0.3, -0.25) is 9.59 Å². The van der Waals surface area contributed by atoms with Crippen molar-refractivity contribution in [2.45, 2.75) is 6.92 Å². The first-order valence-corrected chi connectivity index (χ1v) is 8.10. The molecule has 0 heterocycles. The van der Waals surface area contributed by atoms with Crippen LogP contribution in [0.2, 0.25) is 0 Å². The van der Waals surface area contributed by atoms with E-state index in [0.717, 1.165) is 0 Å². The molecule has 0 aliphatic rings. The molecule has 0 radical (unpaired) electrons. The molecule has 2 aromatic carbocycles. The van der Waals surface area contributed by atoms with Gasteiger partial charge in [-0.1, -0.05) is 12.1 Å². The number of anilines is 2. The SMILES string of the molecule is CCOC(=O)c1ccccc1NC(=O)C(=O)Nc1ccc(OC)cc1OC. The van der Waals surface area contributed by atoms with Crippen LogP contribution in [0, 0.1) is 0 Å². The number of rotatable bonds is 6. The van der Waals surface area contributed by atoms with Gasteiger partial charge >= 0.3 is 17.8 Å². The van der Waals surface area contributed by atoms with Crippen molar-refractivity contribution in [2.75, 3.05) is 31.5 Å². The lowest BCUT2D eigenvalue weighted by Gasteiger charge is -2.12. The molecule has 0 aliphatic carbocycles. The van der Waals surface area contributed by atoms with E-state index in [1.165, 1.54) is 26.4 Å². The van der Waals surface area contributed by atoms with E-state index in [2.05, 4.69) is 10.6 Å². The second-order valence-corrected chi connectivity index (χ2v) is 5.24. The van der Waals surface area contributed by atoms with Gasteiger partial charge in [0.1, 0.15) is 11.5 Å². The Balaban J connectivity index is 2.13. The van der Waals surface area contributed by atoms with Crippen molar-refractivity contribution in [2.24, 2.45) is 0 Å². The van der Waals surface area contributed by atoms with E-state index >= 15 is 0 Å². The smallest absolute Gasteiger partial charge is 0.340 e. The van der Waals surface area contributed by atoms with Crippen LogP contribution < -0.4 is 20.1 Å². The van der Waals surface area contributed by atoms with Gasteiger partial charge in [0.2, 0.25) is 0 Å². The maximum Gasteiger partial charge on any atom is 0.340 e. The Kier molecular flexibility index (Phi) is 6.76. The molecule has 8 heteroatoms. The number of hydrogen-bond acceptors (Lipinski definition) is 6. The first-order chi connectivity index (χ1) is 13.0. The van der Waals surface area contributed by atoms with Crippen LogP contribution in [0.4, 0.5) is 11.4 Å². The Bertz CT molecular complexity index is 850. The highest BCUT2D eigenvalue weighted by atomic mass is 16.5. The third-order valence-electron chi connectivity index (χ3n) is 3.53. The first kappa shape index (κ1) is 19.8. The van der Waals surface area contributed by atoms with Crippen molar-refractivity contribution in [1.29, 1.82) is 0 Å². The molecule has 0 aromatic heterocycles. The Morgan fingerprint density at radius 2 is 1.56 bits per heavy atom. The Hall–Kier alpha value is -3.55. The zero-order valence-corrected chi connectivity index (χ0v) is 15.2. The maximum atomic E-state index is 12.2. The van der Waals surface area contributed by atoms with Crippen molar-refractivity contribution in [1.82, 2.24) is 0 Å². The molecule has 0 atom stereocenters. The third-order valence-corrected chi connectivity index (χ3v) is 3.53. The number of para-hydroxylation sites is 1. The average molecular weight is 372 g/mol. The number of methoxy groups -OCH3 is 2. The molecule has 8 nitrogen and oxygen atoms in total. The number of benzene rings is 2. The second kappa shape index (κ2) is 9.23. The van der Waals surface area contributed by atoms with Crippen molar-refractivity contribution < 1.29 is 28.6 Å². The van der Waals surface area contributed by atoms with Gasteiger partial charge in [0.25, 0.3) is 0 Å². The molecule has 0 spiro atoms. The Labute approximate surface area is 156 Å². The fourth-order valence-electron chi connectivity index (χ4n) is 2.24. The minimum Gasteiger partial charge on any atom is -0.497 e. The maximum absolute atomic E-state index is 12.2. The van der Waals surface area contributed by atoms with Crippen LogP contribution in [0.5, 0.6) is 11.5 Å². The van der Waals surface area contributed by atoms with Gasteiger partial charge in [-0.2, -0.15) is 0 Å². The molecule has 2 aromatic rings. The van der Waals surface area contributed by atoms with E-state index in [-0.39, 0.29) is 17.9 Å². The molecular weight excluding hydrogens is 352 g/mol. The van der Waals surface area contributed by atoms with Crippen LogP contribution in [-0.4, -0.2) is 38.6 Å². The number of nitrogens with one attached hydrogen (secondary N) is 2. The van der Waals surface area contributed by atoms with Crippen molar-refractivity contribution in [3.05, 3.63) is 48.0 Å². The monoisotopic (exact) mass is 372 g/mol. The predicted octanol–water partition coefficient (Wildman–Crippen LogP) is 2.46. The normalized spacial score (nSPS) is 9.89. The fraction of sp³-hybridized carbons (Fsp3) is 0.211. The molecule has 0 unspecified atom stereocenters. The molecule has 0 saturated carbocycles. The van der Waals surface area contributed by atoms with E-state index in [1.807, 2.05) is 0 Å². The van der Waals surface area contributed by atoms with Crippen LogP contribution >= 0.6 is 0 Å². The van der Waals surface area contributed by atoms with Gasteiger partial charge in [-0.25, -0.2) is 4.79 Å². The summed E-state index contributed by atoms with van der Waals surface area (Å²) in [5.74, 6) is -1.58. The summed E-state index contributed by atoms with van der Waals surface area (Å²) in [4.78, 5) is 36.4. The van der Waals surface area contributed by atoms with Gasteiger partial charge in [-0.05, 0) is 31.2 Å². The zero-order valence-electron chi connectivity index (χ0n) is 15.2. The van der Waals surface area contributed by atoms with Crippen molar-refractivity contribution in [3.63, 3.8) is 0 Å². The third kappa shape index (κ3) is 4.97. The van der Waals surface area contributed by atoms with Crippen molar-refractivity contribution >= 4 is 29.2 Å². The lowest BCUT2D eigenvalue weighted by atomic mass is 10.2. The highest BCUT2D eigenvalue weighted by Gasteiger charge is 2.20. The zero-order chi connectivity index (χ0) is 19.8. The van der Waals surface area contributed by atoms with E-state index in [9.17, 15) is 14.4 Å². The van der Waals surface area contributed by atoms with Gasteiger partial charge in [-0.15, -0.1) is 0 Å². The summed E-state index contributed by atoms with van der Waals surface area (Å²) in [5.41, 5.74) is 0.637. The minimum atomic E-state index is -0.940. The highest BCUT2D eigenvalue weighted by Crippen LogP contribution is 2.29. The Morgan fingerprint density at radius 1 is 0.889 bits per heavy atom. The molecule has 2 rings (SSSR count). The molecule has 27 heavy (non-hydrogen) atoms. The number of hydrogen-bond donors (Lipinski definition) is 2. The minimum absolute atomic E-state index is 0.155. The van der Waals surface area contributed by atoms with Crippen LogP contribution in [0.1, 0.15) is 17.3 Å². The molecule has 0 bridgehead atoms. The number of amides is 2. The van der Waals surface area contributed by atoms with Gasteiger partial charge in [0.15, 0.2) is 0 Å². The Morgan fingerprint density at radius 3 is 2.19 bits per heavy atom. The molecule has 2 N–H and O–H groups in total. The van der Waals surface area contributed by atoms with Gasteiger partial charge in [0.05, 0.1) is 37.8 Å². The van der Waals surface area contributed by atoms with E-state index in [4.69, 9.17) is 14.2 Å². The van der Waals surface area contributed by atoms with E-state index in [1.54, 1.807) is 37.3 Å². The summed E-state index contributed by atoms with van der Waals surface area (Å²) in [6.45, 7) is 1.87. The summed E-state index contributed by atoms with van der Waals surface area (Å²) in [6, 6.07) is 11.0. The van der Waals surface area contributed by atoms with E-state index in [0.29, 0.717) is 17.2 Å². The molecule has 142 valence electrons. The number of carbonyl (C=O) groups is 3. The largest absolute Gasteiger partial charge is 0.497 e. The van der Waals surface area contributed by atoms with Crippen LogP contribution in [0.3, 0.4) is 0 Å². The standard InChI is InChI=1S/C19H20N2O6/c1-4-27-19(24)13-7-5-6-8-14(13)20-17(22)18(23)21-15-10-9-12(25-2)11-16(15)26-3/h5-11H,4H2,1-3H3,(H,20,22)(H,21,23). The summed E-state index contributed by atoms with van der Waals surface area (Å²) < 4.78 is 15.2. The summed E-state index contributed by atoms with van der Waals surface area (Å²) >= 11 is 0. The molecular formula is C19H20N2O6. The topological polar surface area (TPSA) is 103 Å².